The topological polar surface area (TPSA) is 28.7 Å². The zero-order chi connectivity index (χ0) is 16.2. The summed E-state index contributed by atoms with van der Waals surface area (Å²) in [5, 5.41) is 0. The average Bonchev–Trinajstić information content (AvgIpc) is 2.79. The third-order valence-corrected chi connectivity index (χ3v) is 4.86. The molecular formula is C13H8BrF5N2S. The minimum atomic E-state index is -9.70. The molecule has 22 heavy (non-hydrogen) atoms. The zero-order valence-electron chi connectivity index (χ0n) is 10.7. The molecule has 0 saturated carbocycles. The van der Waals surface area contributed by atoms with E-state index in [-0.39, 0.29) is 11.0 Å². The molecule has 0 unspecified atom stereocenters. The van der Waals surface area contributed by atoms with Gasteiger partial charge in [-0.2, -0.15) is 0 Å². The Morgan fingerprint density at radius 2 is 1.64 bits per heavy atom. The van der Waals surface area contributed by atoms with Gasteiger partial charge in [-0.05, 0) is 24.3 Å². The normalized spacial score (nSPS) is 15.5. The predicted octanol–water partition coefficient (Wildman–Crippen LogP) is 6.65. The first kappa shape index (κ1) is 15.3. The number of halogens is 6. The second-order valence-corrected chi connectivity index (χ2v) is 7.98. The highest BCUT2D eigenvalue weighted by atomic mass is 79.9. The largest absolute Gasteiger partial charge is 0.338 e. The van der Waals surface area contributed by atoms with Gasteiger partial charge in [-0.15, -0.1) is 0 Å². The van der Waals surface area contributed by atoms with Crippen molar-refractivity contribution < 1.29 is 19.4 Å². The number of hydrogen-bond acceptors (Lipinski definition) is 1. The lowest BCUT2D eigenvalue weighted by Crippen LogP contribution is -2.05. The van der Waals surface area contributed by atoms with Crippen LogP contribution >= 0.6 is 26.2 Å². The molecule has 0 spiro atoms. The average molecular weight is 399 g/mol. The summed E-state index contributed by atoms with van der Waals surface area (Å²) in [6, 6.07) is 8.62. The van der Waals surface area contributed by atoms with E-state index in [0.717, 1.165) is 6.07 Å². The Morgan fingerprint density at radius 1 is 0.955 bits per heavy atom. The Morgan fingerprint density at radius 3 is 2.27 bits per heavy atom. The highest BCUT2D eigenvalue weighted by Gasteiger charge is 2.65. The zero-order valence-corrected chi connectivity index (χ0v) is 13.1. The summed E-state index contributed by atoms with van der Waals surface area (Å²) in [6.07, 6.45) is 0. The second-order valence-electron chi connectivity index (χ2n) is 4.71. The van der Waals surface area contributed by atoms with E-state index in [1.807, 2.05) is 0 Å². The van der Waals surface area contributed by atoms with Crippen molar-refractivity contribution in [3.8, 4) is 11.4 Å². The van der Waals surface area contributed by atoms with Gasteiger partial charge in [-0.25, -0.2) is 4.98 Å². The highest BCUT2D eigenvalue weighted by molar-refractivity contribution is 9.10. The molecule has 9 heteroatoms. The number of hydrogen-bond donors (Lipinski definition) is 1. The lowest BCUT2D eigenvalue weighted by molar-refractivity contribution is 0.364. The van der Waals surface area contributed by atoms with Crippen LogP contribution in [0.25, 0.3) is 22.4 Å². The molecule has 0 bridgehead atoms. The summed E-state index contributed by atoms with van der Waals surface area (Å²) in [4.78, 5) is 4.84. The number of fused-ring (bicyclic) bond motifs is 1. The van der Waals surface area contributed by atoms with Gasteiger partial charge in [0.25, 0.3) is 0 Å². The molecule has 3 rings (SSSR count). The monoisotopic (exact) mass is 398 g/mol. The van der Waals surface area contributed by atoms with Gasteiger partial charge in [0.1, 0.15) is 10.7 Å². The van der Waals surface area contributed by atoms with Gasteiger partial charge in [0.05, 0.1) is 11.0 Å². The molecule has 2 aromatic carbocycles. The van der Waals surface area contributed by atoms with Gasteiger partial charge in [-0.3, -0.25) is 0 Å². The second kappa shape index (κ2) is 4.02. The molecule has 0 aliphatic heterocycles. The fraction of sp³-hybridized carbons (Fsp3) is 0. The fourth-order valence-electron chi connectivity index (χ4n) is 2.01. The maximum Gasteiger partial charge on any atom is 0.310 e. The quantitative estimate of drug-likeness (QED) is 0.481. The smallest absolute Gasteiger partial charge is 0.310 e. The molecule has 0 atom stereocenters. The molecule has 0 radical (unpaired) electrons. The van der Waals surface area contributed by atoms with E-state index in [0.29, 0.717) is 28.0 Å². The van der Waals surface area contributed by atoms with E-state index in [1.54, 1.807) is 24.3 Å². The molecule has 0 amide bonds. The Hall–Kier alpha value is -1.61. The van der Waals surface area contributed by atoms with Crippen LogP contribution in [0.3, 0.4) is 0 Å². The van der Waals surface area contributed by atoms with Gasteiger partial charge in [0, 0.05) is 10.0 Å². The third kappa shape index (κ3) is 2.82. The lowest BCUT2D eigenvalue weighted by Gasteiger charge is -2.40. The molecule has 118 valence electrons. The summed E-state index contributed by atoms with van der Waals surface area (Å²) in [7, 11) is -9.70. The number of aromatic amines is 1. The summed E-state index contributed by atoms with van der Waals surface area (Å²) in [5.74, 6) is 0.293. The number of nitrogens with one attached hydrogen (secondary N) is 1. The number of nitrogens with zero attached hydrogens (tertiary/aromatic N) is 1. The van der Waals surface area contributed by atoms with E-state index < -0.39 is 15.1 Å². The van der Waals surface area contributed by atoms with Crippen molar-refractivity contribution in [2.75, 3.05) is 0 Å². The Bertz CT molecular complexity index is 889. The van der Waals surface area contributed by atoms with Crippen molar-refractivity contribution in [3.05, 3.63) is 46.9 Å². The first-order valence-electron chi connectivity index (χ1n) is 5.93. The molecule has 0 aliphatic rings. The van der Waals surface area contributed by atoms with E-state index in [1.165, 1.54) is 0 Å². The van der Waals surface area contributed by atoms with E-state index in [4.69, 9.17) is 0 Å². The maximum atomic E-state index is 12.8. The van der Waals surface area contributed by atoms with Gasteiger partial charge in [0.15, 0.2) is 0 Å². The molecule has 0 saturated heterocycles. The highest BCUT2D eigenvalue weighted by Crippen LogP contribution is 3.02. The molecular weight excluding hydrogens is 391 g/mol. The van der Waals surface area contributed by atoms with E-state index in [2.05, 4.69) is 25.9 Å². The van der Waals surface area contributed by atoms with Crippen LogP contribution < -0.4 is 0 Å². The molecule has 0 fully saturated rings. The molecule has 1 heterocycles. The van der Waals surface area contributed by atoms with Crippen LogP contribution in [0.2, 0.25) is 0 Å². The van der Waals surface area contributed by atoms with E-state index in [9.17, 15) is 19.4 Å². The molecule has 1 N–H and O–H groups in total. The van der Waals surface area contributed by atoms with Crippen LogP contribution in [0.4, 0.5) is 19.4 Å². The van der Waals surface area contributed by atoms with Crippen molar-refractivity contribution in [2.45, 2.75) is 4.90 Å². The number of aromatic nitrogens is 2. The number of benzene rings is 2. The number of H-pyrrole nitrogens is 1. The van der Waals surface area contributed by atoms with Crippen LogP contribution in [0.15, 0.2) is 51.8 Å². The minimum Gasteiger partial charge on any atom is -0.338 e. The summed E-state index contributed by atoms with van der Waals surface area (Å²) in [6.45, 7) is 0. The molecule has 1 aromatic heterocycles. The van der Waals surface area contributed by atoms with Crippen molar-refractivity contribution in [1.82, 2.24) is 9.97 Å². The predicted molar refractivity (Wildman–Crippen MR) is 80.6 cm³/mol. The fourth-order valence-corrected chi connectivity index (χ4v) is 3.15. The molecule has 0 aliphatic carbocycles. The van der Waals surface area contributed by atoms with Gasteiger partial charge >= 0.3 is 10.2 Å². The maximum absolute atomic E-state index is 12.8. The Balaban J connectivity index is 2.19. The van der Waals surface area contributed by atoms with Gasteiger partial charge in [0.2, 0.25) is 0 Å². The number of rotatable bonds is 2. The van der Waals surface area contributed by atoms with Crippen LogP contribution in [0, 0.1) is 0 Å². The SMILES string of the molecule is FS(F)(F)(F)(F)c1ccc2nc(-c3ccccc3Br)[nH]c2c1. The van der Waals surface area contributed by atoms with Crippen molar-refractivity contribution in [1.29, 1.82) is 0 Å². The summed E-state index contributed by atoms with van der Waals surface area (Å²) >= 11 is 3.30. The van der Waals surface area contributed by atoms with Crippen molar-refractivity contribution in [3.63, 3.8) is 0 Å². The number of imidazole rings is 1. The van der Waals surface area contributed by atoms with Crippen molar-refractivity contribution >= 4 is 37.2 Å². The van der Waals surface area contributed by atoms with Crippen LogP contribution in [0.1, 0.15) is 0 Å². The van der Waals surface area contributed by atoms with Crippen LogP contribution in [-0.2, 0) is 0 Å². The van der Waals surface area contributed by atoms with Gasteiger partial charge in [-0.1, -0.05) is 53.6 Å². The first-order chi connectivity index (χ1) is 9.94. The van der Waals surface area contributed by atoms with E-state index >= 15 is 0 Å². The lowest BCUT2D eigenvalue weighted by atomic mass is 10.2. The molecule has 3 aromatic rings. The third-order valence-electron chi connectivity index (χ3n) is 3.03. The summed E-state index contributed by atoms with van der Waals surface area (Å²) < 4.78 is 64.8. The van der Waals surface area contributed by atoms with Crippen molar-refractivity contribution in [2.24, 2.45) is 0 Å². The van der Waals surface area contributed by atoms with Crippen LogP contribution in [-0.4, -0.2) is 9.97 Å². The molecule has 2 nitrogen and oxygen atoms in total. The Labute approximate surface area is 130 Å². The Kier molecular flexibility index (Phi) is 2.79. The first-order valence-corrected chi connectivity index (χ1v) is 8.67. The minimum absolute atomic E-state index is 0.100. The van der Waals surface area contributed by atoms with Crippen LogP contribution in [0.5, 0.6) is 0 Å². The summed E-state index contributed by atoms with van der Waals surface area (Å²) in [5.41, 5.74) is 0.695. The van der Waals surface area contributed by atoms with Gasteiger partial charge < -0.3 is 4.98 Å². The standard InChI is InChI=1S/C13H8BrF5N2S/c14-10-4-2-1-3-9(10)13-20-11-6-5-8(7-12(11)21-13)22(15,16,17,18)19/h1-7H,(H,20,21).